The molecule has 3 atom stereocenters. The average molecular weight is 338 g/mol. The van der Waals surface area contributed by atoms with Gasteiger partial charge in [0.15, 0.2) is 0 Å². The Kier molecular flexibility index (Phi) is 5.59. The van der Waals surface area contributed by atoms with Gasteiger partial charge in [-0.2, -0.15) is 0 Å². The van der Waals surface area contributed by atoms with Crippen molar-refractivity contribution in [2.75, 3.05) is 6.54 Å². The highest BCUT2D eigenvalue weighted by atomic mass is 28.5. The predicted octanol–water partition coefficient (Wildman–Crippen LogP) is 1.06. The largest absolute Gasteiger partial charge is 0.420 e. The van der Waals surface area contributed by atoms with Gasteiger partial charge in [-0.15, -0.1) is 0 Å². The van der Waals surface area contributed by atoms with Gasteiger partial charge < -0.3 is 16.5 Å². The first-order chi connectivity index (χ1) is 8.90. The van der Waals surface area contributed by atoms with Crippen LogP contribution in [-0.2, 0) is 16.5 Å². The molecule has 5 nitrogen and oxygen atoms in total. The van der Waals surface area contributed by atoms with Gasteiger partial charge in [-0.25, -0.2) is 0 Å². The lowest BCUT2D eigenvalue weighted by atomic mass is 10.1. The quantitative estimate of drug-likeness (QED) is 0.669. The smallest absolute Gasteiger partial charge is 0.406 e. The van der Waals surface area contributed by atoms with Crippen molar-refractivity contribution in [1.82, 2.24) is 4.57 Å². The molecule has 0 aromatic heterocycles. The highest BCUT2D eigenvalue weighted by molar-refractivity contribution is 6.79. The third-order valence-electron chi connectivity index (χ3n) is 3.86. The molecule has 0 aromatic carbocycles. The summed E-state index contributed by atoms with van der Waals surface area (Å²) in [5.74, 6) is 0. The molecule has 9 heteroatoms. The van der Waals surface area contributed by atoms with Crippen LogP contribution < -0.4 is 0 Å². The van der Waals surface area contributed by atoms with E-state index in [0.717, 1.165) is 6.54 Å². The zero-order valence-corrected chi connectivity index (χ0v) is 17.2. The summed E-state index contributed by atoms with van der Waals surface area (Å²) in [6.45, 7) is 11.9. The molecule has 0 radical (unpaired) electrons. The van der Waals surface area contributed by atoms with E-state index >= 15 is 0 Å². The minimum Gasteiger partial charge on any atom is -0.420 e. The van der Waals surface area contributed by atoms with Crippen molar-refractivity contribution in [3.05, 3.63) is 0 Å². The Morgan fingerprint density at radius 1 is 1.00 bits per heavy atom. The van der Waals surface area contributed by atoms with Gasteiger partial charge in [-0.1, -0.05) is 13.3 Å². The molecule has 19 heavy (non-hydrogen) atoms. The maximum atomic E-state index is 6.38. The van der Waals surface area contributed by atoms with E-state index in [1.165, 1.54) is 19.3 Å². The van der Waals surface area contributed by atoms with Crippen LogP contribution in [0.25, 0.3) is 0 Å². The fraction of sp³-hybridized carbons (Fsp3) is 1.00. The summed E-state index contributed by atoms with van der Waals surface area (Å²) < 4.78 is 27.2. The second kappa shape index (κ2) is 6.62. The van der Waals surface area contributed by atoms with E-state index in [-0.39, 0.29) is 0 Å². The van der Waals surface area contributed by atoms with E-state index in [9.17, 15) is 0 Å². The average Bonchev–Trinajstić information content (AvgIpc) is 2.26. The van der Waals surface area contributed by atoms with Gasteiger partial charge >= 0.3 is 27.3 Å². The standard InChI is InChI=1S/C10H27NO4Si4/c1-10-8-6-7-9-11(10)19(5)14-17(3)12-16(2)13-18(4)15-19/h10,16-18H,6-9H2,1-5H3. The molecule has 0 bridgehead atoms. The molecule has 0 amide bonds. The van der Waals surface area contributed by atoms with Gasteiger partial charge in [0.25, 0.3) is 9.28 Å². The van der Waals surface area contributed by atoms with E-state index in [4.69, 9.17) is 16.5 Å². The Hall–Kier alpha value is 0.668. The third kappa shape index (κ3) is 4.08. The van der Waals surface area contributed by atoms with Crippen LogP contribution in [0, 0.1) is 0 Å². The van der Waals surface area contributed by atoms with Gasteiger partial charge in [0, 0.05) is 6.04 Å². The molecule has 0 N–H and O–H groups in total. The fourth-order valence-electron chi connectivity index (χ4n) is 3.11. The first-order valence-corrected chi connectivity index (χ1v) is 15.9. The number of piperidine rings is 1. The van der Waals surface area contributed by atoms with Gasteiger partial charge in [0.1, 0.15) is 0 Å². The van der Waals surface area contributed by atoms with Crippen molar-refractivity contribution in [2.45, 2.75) is 58.4 Å². The van der Waals surface area contributed by atoms with E-state index in [1.807, 2.05) is 0 Å². The monoisotopic (exact) mass is 337 g/mol. The van der Waals surface area contributed by atoms with Crippen LogP contribution in [0.1, 0.15) is 26.2 Å². The van der Waals surface area contributed by atoms with Crippen molar-refractivity contribution in [3.63, 3.8) is 0 Å². The maximum Gasteiger partial charge on any atom is 0.406 e. The second-order valence-corrected chi connectivity index (χ2v) is 15.5. The zero-order valence-electron chi connectivity index (χ0n) is 12.7. The van der Waals surface area contributed by atoms with Gasteiger partial charge in [-0.3, -0.25) is 4.57 Å². The van der Waals surface area contributed by atoms with Crippen molar-refractivity contribution >= 4 is 36.6 Å². The lowest BCUT2D eigenvalue weighted by Crippen LogP contribution is -2.66. The molecule has 3 unspecified atom stereocenters. The summed E-state index contributed by atoms with van der Waals surface area (Å²) in [7, 11) is -7.08. The second-order valence-electron chi connectivity index (χ2n) is 5.65. The lowest BCUT2D eigenvalue weighted by molar-refractivity contribution is 0.158. The first-order valence-electron chi connectivity index (χ1n) is 7.34. The number of rotatable bonds is 1. The molecule has 0 aromatic rings. The molecule has 0 aliphatic carbocycles. The highest BCUT2D eigenvalue weighted by Gasteiger charge is 2.47. The molecule has 112 valence electrons. The number of hydrogen-bond donors (Lipinski definition) is 0. The summed E-state index contributed by atoms with van der Waals surface area (Å²) in [5.41, 5.74) is 0. The molecular formula is C10H27NO4Si4. The van der Waals surface area contributed by atoms with Crippen LogP contribution in [0.4, 0.5) is 0 Å². The van der Waals surface area contributed by atoms with E-state index in [2.05, 4.69) is 37.7 Å². The van der Waals surface area contributed by atoms with Crippen LogP contribution in [0.15, 0.2) is 0 Å². The van der Waals surface area contributed by atoms with Gasteiger partial charge in [0.05, 0.1) is 0 Å². The molecule has 2 saturated heterocycles. The van der Waals surface area contributed by atoms with Crippen molar-refractivity contribution in [3.8, 4) is 0 Å². The molecule has 0 saturated carbocycles. The van der Waals surface area contributed by atoms with Crippen LogP contribution in [0.3, 0.4) is 0 Å². The summed E-state index contributed by atoms with van der Waals surface area (Å²) in [6.07, 6.45) is 3.81. The molecule has 2 rings (SSSR count). The van der Waals surface area contributed by atoms with Gasteiger partial charge in [0.2, 0.25) is 0 Å². The van der Waals surface area contributed by atoms with Crippen LogP contribution >= 0.6 is 0 Å². The highest BCUT2D eigenvalue weighted by Crippen LogP contribution is 2.27. The van der Waals surface area contributed by atoms with Crippen LogP contribution in [0.2, 0.25) is 26.2 Å². The third-order valence-corrected chi connectivity index (χ3v) is 17.9. The van der Waals surface area contributed by atoms with Crippen molar-refractivity contribution in [1.29, 1.82) is 0 Å². The lowest BCUT2D eigenvalue weighted by Gasteiger charge is -2.47. The Morgan fingerprint density at radius 2 is 1.58 bits per heavy atom. The molecule has 2 fully saturated rings. The predicted molar refractivity (Wildman–Crippen MR) is 85.0 cm³/mol. The topological polar surface area (TPSA) is 40.2 Å². The Balaban J connectivity index is 2.13. The van der Waals surface area contributed by atoms with E-state index in [0.29, 0.717) is 6.04 Å². The molecule has 2 heterocycles. The molecule has 0 spiro atoms. The Bertz CT molecular complexity index is 297. The molecule has 2 aliphatic rings. The summed E-state index contributed by atoms with van der Waals surface area (Å²) in [4.78, 5) is 0. The van der Waals surface area contributed by atoms with E-state index in [1.54, 1.807) is 0 Å². The minimum atomic E-state index is -2.31. The van der Waals surface area contributed by atoms with Gasteiger partial charge in [-0.05, 0) is 45.6 Å². The first kappa shape index (κ1) is 16.0. The maximum absolute atomic E-state index is 6.38. The minimum absolute atomic E-state index is 0.557. The summed E-state index contributed by atoms with van der Waals surface area (Å²) in [6, 6.07) is 0.557. The summed E-state index contributed by atoms with van der Waals surface area (Å²) >= 11 is 0. The Labute approximate surface area is 123 Å². The SMILES string of the molecule is CC1CCCCN1[Si]1(C)O[SiH](C)O[SiH](C)O[SiH](C)O1. The van der Waals surface area contributed by atoms with Crippen LogP contribution in [-0.4, -0.2) is 53.7 Å². The zero-order chi connectivity index (χ0) is 14.0. The molecule has 2 aliphatic heterocycles. The molecular weight excluding hydrogens is 310 g/mol. The normalized spacial score (nSPS) is 46.6. The fourth-order valence-corrected chi connectivity index (χ4v) is 17.9. The summed E-state index contributed by atoms with van der Waals surface area (Å²) in [5, 5.41) is 0. The number of nitrogens with zero attached hydrogens (tertiary/aromatic N) is 1. The van der Waals surface area contributed by atoms with Crippen molar-refractivity contribution < 1.29 is 16.5 Å². The van der Waals surface area contributed by atoms with E-state index < -0.39 is 36.6 Å². The van der Waals surface area contributed by atoms with Crippen LogP contribution in [0.5, 0.6) is 0 Å². The number of hydrogen-bond acceptors (Lipinski definition) is 5. The Morgan fingerprint density at radius 3 is 2.11 bits per heavy atom. The van der Waals surface area contributed by atoms with Crippen molar-refractivity contribution in [2.24, 2.45) is 0 Å².